The molecule has 0 N–H and O–H groups in total. The third-order valence-corrected chi connectivity index (χ3v) is 6.58. The van der Waals surface area contributed by atoms with Gasteiger partial charge in [0, 0.05) is 12.6 Å². The Morgan fingerprint density at radius 3 is 2.52 bits per heavy atom. The summed E-state index contributed by atoms with van der Waals surface area (Å²) in [4.78, 5) is 23.6. The number of nitrogens with zero attached hydrogens (tertiary/aromatic N) is 1. The van der Waals surface area contributed by atoms with Gasteiger partial charge in [0.05, 0.1) is 19.8 Å². The number of esters is 2. The Bertz CT molecular complexity index is 806. The number of benzene rings is 1. The van der Waals surface area contributed by atoms with E-state index in [0.717, 1.165) is 19.3 Å². The summed E-state index contributed by atoms with van der Waals surface area (Å²) in [5, 5.41) is 0. The third kappa shape index (κ3) is 4.59. The first-order valence-electron chi connectivity index (χ1n) is 8.71. The number of ether oxygens (including phenoxy) is 3. The van der Waals surface area contributed by atoms with Gasteiger partial charge in [-0.05, 0) is 44.9 Å². The zero-order valence-electron chi connectivity index (χ0n) is 15.9. The summed E-state index contributed by atoms with van der Waals surface area (Å²) in [5.41, 5.74) is 0.00907. The molecular formula is C18H25NO7S. The molecule has 0 unspecified atom stereocenters. The van der Waals surface area contributed by atoms with E-state index in [4.69, 9.17) is 9.47 Å². The van der Waals surface area contributed by atoms with Gasteiger partial charge in [-0.2, -0.15) is 4.31 Å². The molecule has 2 rings (SSSR count). The summed E-state index contributed by atoms with van der Waals surface area (Å²) in [7, 11) is -1.30. The van der Waals surface area contributed by atoms with Gasteiger partial charge in [-0.15, -0.1) is 0 Å². The molecule has 150 valence electrons. The monoisotopic (exact) mass is 399 g/mol. The molecule has 1 heterocycles. The summed E-state index contributed by atoms with van der Waals surface area (Å²) in [5.74, 6) is -1.38. The van der Waals surface area contributed by atoms with Gasteiger partial charge in [0.1, 0.15) is 10.6 Å². The van der Waals surface area contributed by atoms with Crippen molar-refractivity contribution in [1.82, 2.24) is 4.31 Å². The molecule has 2 atom stereocenters. The fraction of sp³-hybridized carbons (Fsp3) is 0.556. The fourth-order valence-electron chi connectivity index (χ4n) is 3.00. The highest BCUT2D eigenvalue weighted by molar-refractivity contribution is 7.89. The van der Waals surface area contributed by atoms with E-state index in [1.165, 1.54) is 43.6 Å². The van der Waals surface area contributed by atoms with E-state index >= 15 is 0 Å². The molecule has 27 heavy (non-hydrogen) atoms. The van der Waals surface area contributed by atoms with Crippen LogP contribution in [-0.4, -0.2) is 57.6 Å². The topological polar surface area (TPSA) is 99.2 Å². The van der Waals surface area contributed by atoms with Crippen molar-refractivity contribution < 1.29 is 32.2 Å². The SMILES string of the molecule is COC(=O)[C@@H](C)OC(=O)c1ccc(OC)c(S(=O)(=O)N2CCCC[C@@H]2C)c1. The molecule has 1 aliphatic rings. The first-order valence-corrected chi connectivity index (χ1v) is 10.1. The zero-order chi connectivity index (χ0) is 20.2. The standard InChI is InChI=1S/C18H25NO7S/c1-12-7-5-6-10-19(12)27(22,23)16-11-14(8-9-15(16)24-3)18(21)26-13(2)17(20)25-4/h8-9,11-13H,5-7,10H2,1-4H3/t12-,13+/m0/s1. The van der Waals surface area contributed by atoms with Crippen molar-refractivity contribution in [3.8, 4) is 5.75 Å². The first kappa shape index (κ1) is 21.2. The van der Waals surface area contributed by atoms with Gasteiger partial charge < -0.3 is 14.2 Å². The Balaban J connectivity index is 2.37. The van der Waals surface area contributed by atoms with Crippen LogP contribution in [0, 0.1) is 0 Å². The van der Waals surface area contributed by atoms with Gasteiger partial charge in [0.25, 0.3) is 0 Å². The maximum Gasteiger partial charge on any atom is 0.346 e. The molecule has 1 saturated heterocycles. The lowest BCUT2D eigenvalue weighted by Gasteiger charge is -2.32. The fourth-order valence-corrected chi connectivity index (χ4v) is 4.89. The van der Waals surface area contributed by atoms with Crippen LogP contribution in [0.4, 0.5) is 0 Å². The highest BCUT2D eigenvalue weighted by Crippen LogP contribution is 2.31. The number of carbonyl (C=O) groups excluding carboxylic acids is 2. The van der Waals surface area contributed by atoms with Gasteiger partial charge in [-0.3, -0.25) is 0 Å². The van der Waals surface area contributed by atoms with Crippen LogP contribution in [0.1, 0.15) is 43.5 Å². The first-order chi connectivity index (χ1) is 12.7. The molecule has 1 aliphatic heterocycles. The molecule has 0 aromatic heterocycles. The van der Waals surface area contributed by atoms with Gasteiger partial charge in [0.15, 0.2) is 6.10 Å². The second-order valence-electron chi connectivity index (χ2n) is 6.40. The summed E-state index contributed by atoms with van der Waals surface area (Å²) in [6.07, 6.45) is 1.43. The van der Waals surface area contributed by atoms with Gasteiger partial charge in [-0.1, -0.05) is 6.42 Å². The minimum absolute atomic E-state index is 0.00907. The summed E-state index contributed by atoms with van der Waals surface area (Å²) in [6.45, 7) is 3.65. The molecule has 0 radical (unpaired) electrons. The average molecular weight is 399 g/mol. The Morgan fingerprint density at radius 1 is 1.22 bits per heavy atom. The zero-order valence-corrected chi connectivity index (χ0v) is 16.7. The van der Waals surface area contributed by atoms with Gasteiger partial charge in [-0.25, -0.2) is 18.0 Å². The highest BCUT2D eigenvalue weighted by atomic mass is 32.2. The summed E-state index contributed by atoms with van der Waals surface area (Å²) < 4.78 is 42.5. The number of rotatable bonds is 6. The van der Waals surface area contributed by atoms with Crippen LogP contribution in [0.2, 0.25) is 0 Å². The Hall–Kier alpha value is -2.13. The highest BCUT2D eigenvalue weighted by Gasteiger charge is 2.34. The number of methoxy groups -OCH3 is 2. The summed E-state index contributed by atoms with van der Waals surface area (Å²) >= 11 is 0. The molecule has 1 fully saturated rings. The molecule has 1 aromatic rings. The van der Waals surface area contributed by atoms with Crippen molar-refractivity contribution in [3.63, 3.8) is 0 Å². The molecule has 0 aliphatic carbocycles. The van der Waals surface area contributed by atoms with E-state index < -0.39 is 28.1 Å². The van der Waals surface area contributed by atoms with E-state index in [9.17, 15) is 18.0 Å². The second kappa shape index (κ2) is 8.71. The maximum atomic E-state index is 13.1. The van der Waals surface area contributed by atoms with E-state index in [0.29, 0.717) is 6.54 Å². The van der Waals surface area contributed by atoms with Crippen molar-refractivity contribution in [3.05, 3.63) is 23.8 Å². The van der Waals surface area contributed by atoms with Gasteiger partial charge in [0.2, 0.25) is 10.0 Å². The van der Waals surface area contributed by atoms with Crippen LogP contribution in [0.3, 0.4) is 0 Å². The van der Waals surface area contributed by atoms with E-state index in [-0.39, 0.29) is 22.3 Å². The minimum Gasteiger partial charge on any atom is -0.495 e. The van der Waals surface area contributed by atoms with Crippen LogP contribution in [0.25, 0.3) is 0 Å². The third-order valence-electron chi connectivity index (χ3n) is 4.54. The van der Waals surface area contributed by atoms with Gasteiger partial charge >= 0.3 is 11.9 Å². The van der Waals surface area contributed by atoms with Crippen molar-refractivity contribution in [2.75, 3.05) is 20.8 Å². The van der Waals surface area contributed by atoms with Crippen LogP contribution < -0.4 is 4.74 Å². The molecule has 0 amide bonds. The molecule has 0 spiro atoms. The Morgan fingerprint density at radius 2 is 1.93 bits per heavy atom. The lowest BCUT2D eigenvalue weighted by molar-refractivity contribution is -0.149. The Labute approximate surface area is 159 Å². The molecule has 1 aromatic carbocycles. The van der Waals surface area contributed by atoms with E-state index in [1.807, 2.05) is 6.92 Å². The predicted octanol–water partition coefficient (Wildman–Crippen LogP) is 1.98. The lowest BCUT2D eigenvalue weighted by atomic mass is 10.1. The maximum absolute atomic E-state index is 13.1. The summed E-state index contributed by atoms with van der Waals surface area (Å²) in [6, 6.07) is 3.88. The minimum atomic E-state index is -3.85. The van der Waals surface area contributed by atoms with Crippen molar-refractivity contribution in [2.45, 2.75) is 50.2 Å². The van der Waals surface area contributed by atoms with E-state index in [1.54, 1.807) is 0 Å². The number of carbonyl (C=O) groups is 2. The second-order valence-corrected chi connectivity index (χ2v) is 8.26. The van der Waals surface area contributed by atoms with E-state index in [2.05, 4.69) is 4.74 Å². The van der Waals surface area contributed by atoms with Crippen molar-refractivity contribution >= 4 is 22.0 Å². The van der Waals surface area contributed by atoms with Crippen LogP contribution >= 0.6 is 0 Å². The number of sulfonamides is 1. The van der Waals surface area contributed by atoms with Crippen molar-refractivity contribution in [1.29, 1.82) is 0 Å². The lowest BCUT2D eigenvalue weighted by Crippen LogP contribution is -2.42. The molecular weight excluding hydrogens is 374 g/mol. The molecule has 0 saturated carbocycles. The molecule has 0 bridgehead atoms. The number of piperidine rings is 1. The van der Waals surface area contributed by atoms with Crippen molar-refractivity contribution in [2.24, 2.45) is 0 Å². The predicted molar refractivity (Wildman–Crippen MR) is 97.1 cm³/mol. The Kier molecular flexibility index (Phi) is 6.83. The smallest absolute Gasteiger partial charge is 0.346 e. The number of hydrogen-bond donors (Lipinski definition) is 0. The van der Waals surface area contributed by atoms with Crippen LogP contribution in [0.5, 0.6) is 5.75 Å². The largest absolute Gasteiger partial charge is 0.495 e. The number of hydrogen-bond acceptors (Lipinski definition) is 7. The molecule has 8 nitrogen and oxygen atoms in total. The average Bonchev–Trinajstić information content (AvgIpc) is 2.66. The quantitative estimate of drug-likeness (QED) is 0.674. The normalized spacial score (nSPS) is 19.2. The van der Waals surface area contributed by atoms with Crippen LogP contribution in [-0.2, 0) is 24.3 Å². The molecule has 9 heteroatoms. The van der Waals surface area contributed by atoms with Crippen LogP contribution in [0.15, 0.2) is 23.1 Å².